The Hall–Kier alpha value is -2.64. The molecule has 3 heterocycles. The van der Waals surface area contributed by atoms with Gasteiger partial charge in [-0.3, -0.25) is 4.79 Å². The molecule has 1 aliphatic heterocycles. The smallest absolute Gasteiger partial charge is 0.244 e. The largest absolute Gasteiger partial charge is 0.461 e. The van der Waals surface area contributed by atoms with Crippen LogP contribution in [0.4, 0.5) is 5.69 Å². The highest BCUT2D eigenvalue weighted by molar-refractivity contribution is 5.99. The standard InChI is InChI=1S/C17H18N4O3/c18-17(5-8-23-9-6-17)16(22)19-11-3-4-12-13(10-11)21-15(20-12)14-2-1-7-24-14/h1-4,7,10H,5-6,8-9,18H2,(H,19,22)(H,20,21). The lowest BCUT2D eigenvalue weighted by Crippen LogP contribution is -2.54. The third kappa shape index (κ3) is 2.68. The number of nitrogens with one attached hydrogen (secondary N) is 2. The second-order valence-corrected chi connectivity index (χ2v) is 6.02. The molecule has 0 spiro atoms. The molecule has 0 atom stereocenters. The lowest BCUT2D eigenvalue weighted by Gasteiger charge is -2.31. The lowest BCUT2D eigenvalue weighted by atomic mass is 9.90. The van der Waals surface area contributed by atoms with Crippen molar-refractivity contribution in [2.75, 3.05) is 18.5 Å². The topological polar surface area (TPSA) is 106 Å². The molecule has 0 saturated carbocycles. The Morgan fingerprint density at radius 3 is 2.88 bits per heavy atom. The molecule has 7 heteroatoms. The second kappa shape index (κ2) is 5.77. The van der Waals surface area contributed by atoms with Crippen LogP contribution in [0.15, 0.2) is 41.0 Å². The maximum Gasteiger partial charge on any atom is 0.244 e. The SMILES string of the molecule is NC1(C(=O)Nc2ccc3nc(-c4ccco4)[nH]c3c2)CCOCC1. The molecule has 3 aromatic rings. The van der Waals surface area contributed by atoms with Crippen LogP contribution in [-0.4, -0.2) is 34.6 Å². The molecule has 0 radical (unpaired) electrons. The van der Waals surface area contributed by atoms with E-state index in [1.54, 1.807) is 6.26 Å². The summed E-state index contributed by atoms with van der Waals surface area (Å²) in [6.45, 7) is 1.02. The predicted molar refractivity (Wildman–Crippen MR) is 89.4 cm³/mol. The number of fused-ring (bicyclic) bond motifs is 1. The zero-order valence-corrected chi connectivity index (χ0v) is 13.0. The van der Waals surface area contributed by atoms with Crippen LogP contribution in [0.1, 0.15) is 12.8 Å². The molecule has 4 rings (SSSR count). The summed E-state index contributed by atoms with van der Waals surface area (Å²) in [7, 11) is 0. The molecule has 4 N–H and O–H groups in total. The molecule has 7 nitrogen and oxygen atoms in total. The van der Waals surface area contributed by atoms with Gasteiger partial charge in [-0.2, -0.15) is 0 Å². The van der Waals surface area contributed by atoms with E-state index in [1.807, 2.05) is 30.3 Å². The van der Waals surface area contributed by atoms with E-state index < -0.39 is 5.54 Å². The molecular formula is C17H18N4O3. The fourth-order valence-corrected chi connectivity index (χ4v) is 2.84. The van der Waals surface area contributed by atoms with Gasteiger partial charge >= 0.3 is 0 Å². The Balaban J connectivity index is 1.57. The highest BCUT2D eigenvalue weighted by Gasteiger charge is 2.35. The number of benzene rings is 1. The molecule has 1 amide bonds. The first-order valence-corrected chi connectivity index (χ1v) is 7.86. The number of anilines is 1. The zero-order chi connectivity index (χ0) is 16.6. The van der Waals surface area contributed by atoms with Gasteiger partial charge in [0.05, 0.1) is 17.3 Å². The Kier molecular flexibility index (Phi) is 3.59. The van der Waals surface area contributed by atoms with Gasteiger partial charge in [0, 0.05) is 18.9 Å². The fraction of sp³-hybridized carbons (Fsp3) is 0.294. The number of aromatic nitrogens is 2. The molecule has 0 bridgehead atoms. The first kappa shape index (κ1) is 14.9. The van der Waals surface area contributed by atoms with Gasteiger partial charge < -0.3 is 25.2 Å². The molecule has 24 heavy (non-hydrogen) atoms. The summed E-state index contributed by atoms with van der Waals surface area (Å²) in [5, 5.41) is 2.90. The predicted octanol–water partition coefficient (Wildman–Crippen LogP) is 2.27. The number of furan rings is 1. The van der Waals surface area contributed by atoms with Crippen LogP contribution in [0.3, 0.4) is 0 Å². The van der Waals surface area contributed by atoms with Crippen LogP contribution in [0, 0.1) is 0 Å². The number of imidazole rings is 1. The molecule has 124 valence electrons. The van der Waals surface area contributed by atoms with Crippen molar-refractivity contribution in [2.45, 2.75) is 18.4 Å². The number of rotatable bonds is 3. The normalized spacial score (nSPS) is 17.0. The van der Waals surface area contributed by atoms with Crippen molar-refractivity contribution >= 4 is 22.6 Å². The maximum absolute atomic E-state index is 12.5. The monoisotopic (exact) mass is 326 g/mol. The number of nitrogens with zero attached hydrogens (tertiary/aromatic N) is 1. The second-order valence-electron chi connectivity index (χ2n) is 6.02. The van der Waals surface area contributed by atoms with Gasteiger partial charge in [-0.05, 0) is 43.2 Å². The van der Waals surface area contributed by atoms with Gasteiger partial charge in [-0.1, -0.05) is 0 Å². The van der Waals surface area contributed by atoms with Crippen molar-refractivity contribution in [2.24, 2.45) is 5.73 Å². The van der Waals surface area contributed by atoms with Gasteiger partial charge in [-0.25, -0.2) is 4.98 Å². The molecular weight excluding hydrogens is 308 g/mol. The Morgan fingerprint density at radius 1 is 1.29 bits per heavy atom. The van der Waals surface area contributed by atoms with Crippen molar-refractivity contribution in [3.8, 4) is 11.6 Å². The van der Waals surface area contributed by atoms with Crippen molar-refractivity contribution in [1.29, 1.82) is 0 Å². The van der Waals surface area contributed by atoms with Crippen LogP contribution in [0.25, 0.3) is 22.6 Å². The van der Waals surface area contributed by atoms with Crippen LogP contribution >= 0.6 is 0 Å². The summed E-state index contributed by atoms with van der Waals surface area (Å²) in [5.41, 5.74) is 7.63. The third-order valence-electron chi connectivity index (χ3n) is 4.33. The minimum absolute atomic E-state index is 0.184. The molecule has 1 saturated heterocycles. The number of carbonyl (C=O) groups is 1. The highest BCUT2D eigenvalue weighted by atomic mass is 16.5. The van der Waals surface area contributed by atoms with Crippen molar-refractivity contribution in [3.05, 3.63) is 36.6 Å². The Labute approximate surface area is 138 Å². The van der Waals surface area contributed by atoms with E-state index in [0.29, 0.717) is 43.3 Å². The van der Waals surface area contributed by atoms with E-state index in [-0.39, 0.29) is 5.91 Å². The number of H-pyrrole nitrogens is 1. The van der Waals surface area contributed by atoms with E-state index in [0.717, 1.165) is 11.0 Å². The van der Waals surface area contributed by atoms with Crippen molar-refractivity contribution in [1.82, 2.24) is 9.97 Å². The quantitative estimate of drug-likeness (QED) is 0.684. The summed E-state index contributed by atoms with van der Waals surface area (Å²) in [6, 6.07) is 9.15. The number of nitrogens with two attached hydrogens (primary N) is 1. The van der Waals surface area contributed by atoms with Crippen molar-refractivity contribution in [3.63, 3.8) is 0 Å². The molecule has 0 unspecified atom stereocenters. The average molecular weight is 326 g/mol. The third-order valence-corrected chi connectivity index (χ3v) is 4.33. The number of ether oxygens (including phenoxy) is 1. The summed E-state index contributed by atoms with van der Waals surface area (Å²) < 4.78 is 10.6. The number of amides is 1. The fourth-order valence-electron chi connectivity index (χ4n) is 2.84. The van der Waals surface area contributed by atoms with Gasteiger partial charge in [0.1, 0.15) is 5.54 Å². The Morgan fingerprint density at radius 2 is 2.12 bits per heavy atom. The minimum Gasteiger partial charge on any atom is -0.461 e. The molecule has 2 aromatic heterocycles. The average Bonchev–Trinajstić information content (AvgIpc) is 3.24. The van der Waals surface area contributed by atoms with Crippen LogP contribution < -0.4 is 11.1 Å². The lowest BCUT2D eigenvalue weighted by molar-refractivity contribution is -0.124. The number of hydrogen-bond acceptors (Lipinski definition) is 5. The van der Waals surface area contributed by atoms with E-state index in [1.165, 1.54) is 0 Å². The minimum atomic E-state index is -0.874. The van der Waals surface area contributed by atoms with Crippen LogP contribution in [0.5, 0.6) is 0 Å². The summed E-state index contributed by atoms with van der Waals surface area (Å²) >= 11 is 0. The maximum atomic E-state index is 12.5. The van der Waals surface area contributed by atoms with Gasteiger partial charge in [-0.15, -0.1) is 0 Å². The zero-order valence-electron chi connectivity index (χ0n) is 13.0. The van der Waals surface area contributed by atoms with Crippen molar-refractivity contribution < 1.29 is 13.9 Å². The van der Waals surface area contributed by atoms with E-state index >= 15 is 0 Å². The first-order valence-electron chi connectivity index (χ1n) is 7.86. The van der Waals surface area contributed by atoms with E-state index in [9.17, 15) is 4.79 Å². The number of aromatic amines is 1. The first-order chi connectivity index (χ1) is 11.6. The summed E-state index contributed by atoms with van der Waals surface area (Å²) in [6.07, 6.45) is 2.64. The number of carbonyl (C=O) groups excluding carboxylic acids is 1. The van der Waals surface area contributed by atoms with Crippen LogP contribution in [0.2, 0.25) is 0 Å². The van der Waals surface area contributed by atoms with E-state index in [2.05, 4.69) is 15.3 Å². The highest BCUT2D eigenvalue weighted by Crippen LogP contribution is 2.25. The van der Waals surface area contributed by atoms with Gasteiger partial charge in [0.2, 0.25) is 5.91 Å². The summed E-state index contributed by atoms with van der Waals surface area (Å²) in [5.74, 6) is 1.13. The molecule has 1 aliphatic rings. The number of hydrogen-bond donors (Lipinski definition) is 3. The molecule has 1 fully saturated rings. The Bertz CT molecular complexity index is 863. The molecule has 1 aromatic carbocycles. The van der Waals surface area contributed by atoms with Crippen LogP contribution in [-0.2, 0) is 9.53 Å². The molecule has 0 aliphatic carbocycles. The van der Waals surface area contributed by atoms with Gasteiger partial charge in [0.15, 0.2) is 11.6 Å². The summed E-state index contributed by atoms with van der Waals surface area (Å²) in [4.78, 5) is 20.2. The van der Waals surface area contributed by atoms with Gasteiger partial charge in [0.25, 0.3) is 0 Å². The van der Waals surface area contributed by atoms with E-state index in [4.69, 9.17) is 14.9 Å².